The van der Waals surface area contributed by atoms with Crippen molar-refractivity contribution in [3.8, 4) is 11.5 Å². The summed E-state index contributed by atoms with van der Waals surface area (Å²) in [7, 11) is 1.39. The average molecular weight is 409 g/mol. The number of nitrogens with zero attached hydrogens (tertiary/aromatic N) is 1. The van der Waals surface area contributed by atoms with Gasteiger partial charge in [0.15, 0.2) is 11.5 Å². The van der Waals surface area contributed by atoms with Crippen LogP contribution in [0.4, 0.5) is 18.9 Å². The van der Waals surface area contributed by atoms with Crippen LogP contribution in [0.3, 0.4) is 0 Å². The van der Waals surface area contributed by atoms with Crippen LogP contribution in [0.1, 0.15) is 24.0 Å². The number of anilines is 1. The first-order chi connectivity index (χ1) is 13.7. The Morgan fingerprint density at radius 3 is 2.55 bits per heavy atom. The zero-order chi connectivity index (χ0) is 21.4. The molecule has 3 N–H and O–H groups in total. The molecule has 0 aromatic heterocycles. The minimum Gasteiger partial charge on any atom is -0.504 e. The van der Waals surface area contributed by atoms with Gasteiger partial charge in [-0.1, -0.05) is 6.07 Å². The van der Waals surface area contributed by atoms with E-state index in [2.05, 4.69) is 15.8 Å². The summed E-state index contributed by atoms with van der Waals surface area (Å²) in [5, 5.41) is 15.5. The van der Waals surface area contributed by atoms with E-state index >= 15 is 0 Å². The van der Waals surface area contributed by atoms with Crippen molar-refractivity contribution in [2.75, 3.05) is 12.4 Å². The normalized spacial score (nSPS) is 11.3. The van der Waals surface area contributed by atoms with E-state index in [1.165, 1.54) is 37.6 Å². The SMILES string of the molecule is COc1cc(/C=N\NC(=O)CCC(=O)Nc2cccc(C(F)(F)F)c2)ccc1O. The lowest BCUT2D eigenvalue weighted by atomic mass is 10.2. The molecule has 2 amide bonds. The Morgan fingerprint density at radius 2 is 1.86 bits per heavy atom. The summed E-state index contributed by atoms with van der Waals surface area (Å²) >= 11 is 0. The molecule has 2 aromatic rings. The third kappa shape index (κ3) is 6.83. The van der Waals surface area contributed by atoms with Crippen molar-refractivity contribution in [1.29, 1.82) is 0 Å². The third-order valence-electron chi connectivity index (χ3n) is 3.66. The van der Waals surface area contributed by atoms with Crippen molar-refractivity contribution in [2.24, 2.45) is 5.10 Å². The number of hydrogen-bond donors (Lipinski definition) is 3. The van der Waals surface area contributed by atoms with Crippen molar-refractivity contribution in [3.63, 3.8) is 0 Å². The van der Waals surface area contributed by atoms with Crippen molar-refractivity contribution in [3.05, 3.63) is 53.6 Å². The summed E-state index contributed by atoms with van der Waals surface area (Å²) in [6.07, 6.45) is -3.63. The highest BCUT2D eigenvalue weighted by Gasteiger charge is 2.30. The van der Waals surface area contributed by atoms with Crippen LogP contribution in [0.2, 0.25) is 0 Å². The molecule has 0 radical (unpaired) electrons. The van der Waals surface area contributed by atoms with E-state index in [1.54, 1.807) is 6.07 Å². The first-order valence-corrected chi connectivity index (χ1v) is 8.35. The maximum atomic E-state index is 12.7. The van der Waals surface area contributed by atoms with Gasteiger partial charge in [-0.15, -0.1) is 0 Å². The number of methoxy groups -OCH3 is 1. The lowest BCUT2D eigenvalue weighted by Crippen LogP contribution is -2.20. The van der Waals surface area contributed by atoms with E-state index in [0.717, 1.165) is 12.1 Å². The smallest absolute Gasteiger partial charge is 0.416 e. The fourth-order valence-corrected chi connectivity index (χ4v) is 2.23. The van der Waals surface area contributed by atoms with Crippen LogP contribution >= 0.6 is 0 Å². The molecular weight excluding hydrogens is 391 g/mol. The van der Waals surface area contributed by atoms with Crippen LogP contribution < -0.4 is 15.5 Å². The number of phenols is 1. The molecule has 0 fully saturated rings. The van der Waals surface area contributed by atoms with Gasteiger partial charge < -0.3 is 15.2 Å². The van der Waals surface area contributed by atoms with Crippen LogP contribution in [0.15, 0.2) is 47.6 Å². The molecule has 7 nitrogen and oxygen atoms in total. The topological polar surface area (TPSA) is 100 Å². The van der Waals surface area contributed by atoms with Crippen LogP contribution in [0, 0.1) is 0 Å². The van der Waals surface area contributed by atoms with Gasteiger partial charge in [-0.05, 0) is 42.0 Å². The predicted octanol–water partition coefficient (Wildman–Crippen LogP) is 3.29. The maximum absolute atomic E-state index is 12.7. The number of aromatic hydroxyl groups is 1. The van der Waals surface area contributed by atoms with Crippen LogP contribution in [-0.4, -0.2) is 30.2 Å². The number of carbonyl (C=O) groups excluding carboxylic acids is 2. The Balaban J connectivity index is 1.81. The molecule has 0 aliphatic carbocycles. The number of hydrazone groups is 1. The van der Waals surface area contributed by atoms with Crippen molar-refractivity contribution < 1.29 is 32.6 Å². The second kappa shape index (κ2) is 9.58. The third-order valence-corrected chi connectivity index (χ3v) is 3.66. The van der Waals surface area contributed by atoms with Gasteiger partial charge >= 0.3 is 6.18 Å². The average Bonchev–Trinajstić information content (AvgIpc) is 2.67. The van der Waals surface area contributed by atoms with Gasteiger partial charge in [0, 0.05) is 18.5 Å². The Hall–Kier alpha value is -3.56. The highest BCUT2D eigenvalue weighted by Crippen LogP contribution is 2.30. The standard InChI is InChI=1S/C19H18F3N3O4/c1-29-16-9-12(5-6-15(16)26)11-23-25-18(28)8-7-17(27)24-14-4-2-3-13(10-14)19(20,21)22/h2-6,9-11,26H,7-8H2,1H3,(H,24,27)(H,25,28)/b23-11-. The molecule has 0 bridgehead atoms. The summed E-state index contributed by atoms with van der Waals surface area (Å²) < 4.78 is 42.9. The van der Waals surface area contributed by atoms with E-state index in [0.29, 0.717) is 5.56 Å². The molecular formula is C19H18F3N3O4. The maximum Gasteiger partial charge on any atom is 0.416 e. The van der Waals surface area contributed by atoms with Gasteiger partial charge in [-0.2, -0.15) is 18.3 Å². The number of alkyl halides is 3. The summed E-state index contributed by atoms with van der Waals surface area (Å²) in [4.78, 5) is 23.6. The zero-order valence-corrected chi connectivity index (χ0v) is 15.3. The first kappa shape index (κ1) is 21.7. The number of ether oxygens (including phenoxy) is 1. The predicted molar refractivity (Wildman–Crippen MR) is 99.7 cm³/mol. The molecule has 0 unspecified atom stereocenters. The summed E-state index contributed by atoms with van der Waals surface area (Å²) in [5.74, 6) is -0.954. The number of hydrogen-bond acceptors (Lipinski definition) is 5. The Bertz CT molecular complexity index is 914. The van der Waals surface area contributed by atoms with Gasteiger partial charge in [0.2, 0.25) is 11.8 Å². The fourth-order valence-electron chi connectivity index (χ4n) is 2.23. The Kier molecular flexibility index (Phi) is 7.18. The molecule has 0 saturated carbocycles. The van der Waals surface area contributed by atoms with Crippen LogP contribution in [-0.2, 0) is 15.8 Å². The highest BCUT2D eigenvalue weighted by molar-refractivity contribution is 5.93. The minimum absolute atomic E-state index is 0.00969. The molecule has 0 heterocycles. The minimum atomic E-state index is -4.51. The molecule has 10 heteroatoms. The van der Waals surface area contributed by atoms with Crippen LogP contribution in [0.5, 0.6) is 11.5 Å². The lowest BCUT2D eigenvalue weighted by Gasteiger charge is -2.09. The van der Waals surface area contributed by atoms with Crippen molar-refractivity contribution in [2.45, 2.75) is 19.0 Å². The van der Waals surface area contributed by atoms with Crippen molar-refractivity contribution >= 4 is 23.7 Å². The largest absolute Gasteiger partial charge is 0.504 e. The molecule has 154 valence electrons. The number of phenolic OH excluding ortho intramolecular Hbond substituents is 1. The molecule has 0 aliphatic heterocycles. The molecule has 2 rings (SSSR count). The molecule has 0 aliphatic rings. The number of nitrogens with one attached hydrogen (secondary N) is 2. The number of benzene rings is 2. The first-order valence-electron chi connectivity index (χ1n) is 8.35. The lowest BCUT2D eigenvalue weighted by molar-refractivity contribution is -0.137. The van der Waals surface area contributed by atoms with Crippen LogP contribution in [0.25, 0.3) is 0 Å². The van der Waals surface area contributed by atoms with E-state index in [-0.39, 0.29) is 30.0 Å². The molecule has 0 spiro atoms. The number of carbonyl (C=O) groups is 2. The second-order valence-electron chi connectivity index (χ2n) is 5.85. The monoisotopic (exact) mass is 409 g/mol. The van der Waals surface area contributed by atoms with E-state index < -0.39 is 23.6 Å². The molecule has 0 saturated heterocycles. The summed E-state index contributed by atoms with van der Waals surface area (Å²) in [5.41, 5.74) is 1.90. The van der Waals surface area contributed by atoms with Gasteiger partial charge in [0.25, 0.3) is 0 Å². The molecule has 29 heavy (non-hydrogen) atoms. The van der Waals surface area contributed by atoms with Crippen molar-refractivity contribution in [1.82, 2.24) is 5.43 Å². The molecule has 2 aromatic carbocycles. The van der Waals surface area contributed by atoms with E-state index in [4.69, 9.17) is 4.74 Å². The Labute approximate surface area is 164 Å². The fraction of sp³-hybridized carbons (Fsp3) is 0.211. The zero-order valence-electron chi connectivity index (χ0n) is 15.3. The highest BCUT2D eigenvalue weighted by atomic mass is 19.4. The van der Waals surface area contributed by atoms with E-state index in [9.17, 15) is 27.9 Å². The number of amides is 2. The van der Waals surface area contributed by atoms with Gasteiger partial charge in [-0.25, -0.2) is 5.43 Å². The number of halogens is 3. The Morgan fingerprint density at radius 1 is 1.14 bits per heavy atom. The summed E-state index contributed by atoms with van der Waals surface area (Å²) in [6.45, 7) is 0. The summed E-state index contributed by atoms with van der Waals surface area (Å²) in [6, 6.07) is 8.67. The van der Waals surface area contributed by atoms with Gasteiger partial charge in [-0.3, -0.25) is 9.59 Å². The van der Waals surface area contributed by atoms with E-state index in [1.807, 2.05) is 0 Å². The molecule has 0 atom stereocenters. The number of rotatable bonds is 7. The van der Waals surface area contributed by atoms with Gasteiger partial charge in [0.1, 0.15) is 0 Å². The van der Waals surface area contributed by atoms with Gasteiger partial charge in [0.05, 0.1) is 18.9 Å². The quantitative estimate of drug-likeness (QED) is 0.483. The second-order valence-corrected chi connectivity index (χ2v) is 5.85.